The van der Waals surface area contributed by atoms with E-state index >= 15 is 0 Å². The fourth-order valence-corrected chi connectivity index (χ4v) is 6.35. The van der Waals surface area contributed by atoms with E-state index in [1.165, 1.54) is 0 Å². The van der Waals surface area contributed by atoms with Crippen LogP contribution in [0, 0.1) is 0 Å². The molecule has 0 spiro atoms. The maximum absolute atomic E-state index is 14.1. The van der Waals surface area contributed by atoms with Crippen molar-refractivity contribution >= 4 is 45.3 Å². The molecule has 1 aromatic heterocycles. The number of hydrogen-bond donors (Lipinski definition) is 1. The standard InChI is InChI=1S/C35H33ClN4O6/c1-42-28-18-22(19-29(43-2)35(28)44-3)37-26-20-27(32-31-30(26)33(41)24-6-4-5-7-25(24)34(31)46-38-32)40-14-12-39(13-15-40)16-17-45-23-10-8-21(36)9-11-23/h4-11,18-20,37H,12-17H2,1-3H3. The molecule has 1 aliphatic heterocycles. The predicted molar refractivity (Wildman–Crippen MR) is 178 cm³/mol. The summed E-state index contributed by atoms with van der Waals surface area (Å²) in [5.74, 6) is 2.78. The molecule has 5 aromatic rings. The third-order valence-electron chi connectivity index (χ3n) is 8.53. The van der Waals surface area contributed by atoms with E-state index in [2.05, 4.69) is 20.3 Å². The zero-order chi connectivity index (χ0) is 31.8. The van der Waals surface area contributed by atoms with Crippen LogP contribution >= 0.6 is 11.6 Å². The number of nitrogens with one attached hydrogen (secondary N) is 1. The number of carbonyl (C=O) groups is 1. The van der Waals surface area contributed by atoms with Gasteiger partial charge in [-0.15, -0.1) is 0 Å². The first-order valence-electron chi connectivity index (χ1n) is 15.0. The van der Waals surface area contributed by atoms with Crippen LogP contribution in [0.1, 0.15) is 15.9 Å². The van der Waals surface area contributed by atoms with Crippen molar-refractivity contribution in [2.75, 3.05) is 70.9 Å². The molecule has 0 unspecified atom stereocenters. The molecule has 1 N–H and O–H groups in total. The first kappa shape index (κ1) is 29.8. The zero-order valence-corrected chi connectivity index (χ0v) is 26.5. The highest BCUT2D eigenvalue weighted by atomic mass is 35.5. The highest BCUT2D eigenvalue weighted by molar-refractivity contribution is 6.30. The van der Waals surface area contributed by atoms with Crippen molar-refractivity contribution in [1.29, 1.82) is 0 Å². The summed E-state index contributed by atoms with van der Waals surface area (Å²) in [6, 6.07) is 20.5. The normalized spacial score (nSPS) is 14.3. The number of aromatic nitrogens is 1. The van der Waals surface area contributed by atoms with Crippen molar-refractivity contribution < 1.29 is 28.3 Å². The molecule has 1 saturated heterocycles. The summed E-state index contributed by atoms with van der Waals surface area (Å²) < 4.78 is 28.6. The summed E-state index contributed by atoms with van der Waals surface area (Å²) in [6.07, 6.45) is 0. The smallest absolute Gasteiger partial charge is 0.203 e. The lowest BCUT2D eigenvalue weighted by Crippen LogP contribution is -2.47. The lowest BCUT2D eigenvalue weighted by atomic mass is 9.86. The van der Waals surface area contributed by atoms with E-state index in [9.17, 15) is 4.79 Å². The minimum absolute atomic E-state index is 0.0942. The number of carbonyl (C=O) groups excluding carboxylic acids is 1. The summed E-state index contributed by atoms with van der Waals surface area (Å²) in [6.45, 7) is 4.61. The lowest BCUT2D eigenvalue weighted by Gasteiger charge is -2.36. The second-order valence-electron chi connectivity index (χ2n) is 11.1. The molecule has 236 valence electrons. The van der Waals surface area contributed by atoms with Gasteiger partial charge in [0.25, 0.3) is 0 Å². The fraction of sp³-hybridized carbons (Fsp3) is 0.257. The number of benzene rings is 4. The molecule has 10 nitrogen and oxygen atoms in total. The van der Waals surface area contributed by atoms with Crippen LogP contribution in [0.3, 0.4) is 0 Å². The summed E-state index contributed by atoms with van der Waals surface area (Å²) in [5.41, 5.74) is 4.70. The van der Waals surface area contributed by atoms with E-state index in [1.807, 2.05) is 66.7 Å². The Kier molecular flexibility index (Phi) is 8.06. The highest BCUT2D eigenvalue weighted by Gasteiger charge is 2.34. The van der Waals surface area contributed by atoms with Crippen molar-refractivity contribution in [3.05, 3.63) is 82.9 Å². The third-order valence-corrected chi connectivity index (χ3v) is 8.78. The van der Waals surface area contributed by atoms with Crippen LogP contribution in [0.15, 0.2) is 71.3 Å². The fourth-order valence-electron chi connectivity index (χ4n) is 6.23. The largest absolute Gasteiger partial charge is 0.493 e. The predicted octanol–water partition coefficient (Wildman–Crippen LogP) is 6.66. The maximum Gasteiger partial charge on any atom is 0.203 e. The van der Waals surface area contributed by atoms with Crippen molar-refractivity contribution in [2.24, 2.45) is 0 Å². The topological polar surface area (TPSA) is 98.5 Å². The molecule has 1 aliphatic carbocycles. The molecule has 1 fully saturated rings. The SMILES string of the molecule is COc1cc(Nc2cc(N3CCN(CCOc4ccc(Cl)cc4)CC3)c3noc4c3c2C(=O)c2ccccc2-4)cc(OC)c1OC. The van der Waals surface area contributed by atoms with Gasteiger partial charge in [-0.25, -0.2) is 0 Å². The average Bonchev–Trinajstić information content (AvgIpc) is 3.53. The first-order valence-corrected chi connectivity index (χ1v) is 15.4. The Labute approximate surface area is 271 Å². The van der Waals surface area contributed by atoms with Crippen LogP contribution in [0.2, 0.25) is 5.02 Å². The van der Waals surface area contributed by atoms with E-state index in [4.69, 9.17) is 35.1 Å². The molecule has 0 radical (unpaired) electrons. The van der Waals surface area contributed by atoms with Crippen LogP contribution in [-0.4, -0.2) is 76.5 Å². The minimum Gasteiger partial charge on any atom is -0.493 e. The number of rotatable bonds is 10. The van der Waals surface area contributed by atoms with E-state index in [-0.39, 0.29) is 5.78 Å². The van der Waals surface area contributed by atoms with Gasteiger partial charge in [0, 0.05) is 66.7 Å². The van der Waals surface area contributed by atoms with Crippen LogP contribution in [0.25, 0.3) is 22.2 Å². The van der Waals surface area contributed by atoms with Gasteiger partial charge in [-0.2, -0.15) is 0 Å². The van der Waals surface area contributed by atoms with Gasteiger partial charge in [-0.05, 0) is 30.3 Å². The molecule has 11 heteroatoms. The summed E-state index contributed by atoms with van der Waals surface area (Å²) >= 11 is 5.99. The van der Waals surface area contributed by atoms with Gasteiger partial charge in [0.1, 0.15) is 17.9 Å². The monoisotopic (exact) mass is 640 g/mol. The summed E-state index contributed by atoms with van der Waals surface area (Å²) in [5, 5.41) is 9.42. The number of methoxy groups -OCH3 is 3. The van der Waals surface area contributed by atoms with Gasteiger partial charge in [-0.3, -0.25) is 9.69 Å². The van der Waals surface area contributed by atoms with Crippen molar-refractivity contribution in [1.82, 2.24) is 10.1 Å². The van der Waals surface area contributed by atoms with Gasteiger partial charge in [0.15, 0.2) is 23.0 Å². The zero-order valence-electron chi connectivity index (χ0n) is 25.8. The number of fused-ring (bicyclic) bond motifs is 2. The van der Waals surface area contributed by atoms with E-state index in [0.717, 1.165) is 49.7 Å². The second-order valence-corrected chi connectivity index (χ2v) is 11.5. The number of piperazine rings is 1. The van der Waals surface area contributed by atoms with Crippen molar-refractivity contribution in [3.8, 4) is 34.3 Å². The van der Waals surface area contributed by atoms with Gasteiger partial charge >= 0.3 is 0 Å². The number of ketones is 1. The maximum atomic E-state index is 14.1. The van der Waals surface area contributed by atoms with Crippen LogP contribution in [0.4, 0.5) is 17.1 Å². The number of ether oxygens (including phenoxy) is 4. The molecule has 46 heavy (non-hydrogen) atoms. The van der Waals surface area contributed by atoms with Gasteiger partial charge < -0.3 is 33.7 Å². The average molecular weight is 641 g/mol. The van der Waals surface area contributed by atoms with Crippen LogP contribution < -0.4 is 29.2 Å². The van der Waals surface area contributed by atoms with Crippen molar-refractivity contribution in [2.45, 2.75) is 0 Å². The second kappa shape index (κ2) is 12.5. The minimum atomic E-state index is -0.0942. The number of nitrogens with zero attached hydrogens (tertiary/aromatic N) is 3. The molecule has 2 heterocycles. The Morgan fingerprint density at radius 1 is 0.891 bits per heavy atom. The summed E-state index contributed by atoms with van der Waals surface area (Å²) in [7, 11) is 4.71. The third kappa shape index (κ3) is 5.33. The number of hydrogen-bond acceptors (Lipinski definition) is 10. The Morgan fingerprint density at radius 3 is 2.26 bits per heavy atom. The molecule has 2 aliphatic rings. The molecule has 4 aromatic carbocycles. The molecular weight excluding hydrogens is 608 g/mol. The molecular formula is C35H33ClN4O6. The highest BCUT2D eigenvalue weighted by Crippen LogP contribution is 2.47. The molecule has 0 bridgehead atoms. The van der Waals surface area contributed by atoms with E-state index in [0.29, 0.717) is 68.0 Å². The lowest BCUT2D eigenvalue weighted by molar-refractivity contribution is 0.104. The van der Waals surface area contributed by atoms with E-state index in [1.54, 1.807) is 21.3 Å². The van der Waals surface area contributed by atoms with Crippen LogP contribution in [-0.2, 0) is 0 Å². The van der Waals surface area contributed by atoms with Gasteiger partial charge in [0.2, 0.25) is 5.75 Å². The number of anilines is 3. The van der Waals surface area contributed by atoms with Gasteiger partial charge in [0.05, 0.1) is 43.7 Å². The Hall–Kier alpha value is -4.93. The Morgan fingerprint density at radius 2 is 1.59 bits per heavy atom. The quantitative estimate of drug-likeness (QED) is 0.175. The van der Waals surface area contributed by atoms with Crippen LogP contribution in [0.5, 0.6) is 23.0 Å². The molecule has 0 saturated carbocycles. The molecule has 0 amide bonds. The van der Waals surface area contributed by atoms with Crippen molar-refractivity contribution in [3.63, 3.8) is 0 Å². The van der Waals surface area contributed by atoms with E-state index < -0.39 is 0 Å². The Bertz CT molecular complexity index is 1890. The number of halogens is 1. The molecule has 0 atom stereocenters. The first-order chi connectivity index (χ1) is 22.5. The Balaban J connectivity index is 1.21. The molecule has 7 rings (SSSR count). The van der Waals surface area contributed by atoms with Gasteiger partial charge in [-0.1, -0.05) is 41.0 Å². The summed E-state index contributed by atoms with van der Waals surface area (Å²) in [4.78, 5) is 18.8.